The number of esters is 1. The van der Waals surface area contributed by atoms with Gasteiger partial charge >= 0.3 is 13.1 Å². The average Bonchev–Trinajstić information content (AvgIpc) is 3.07. The standard InChI is InChI=1S/C16H20BN3O6S/c1-4-26-14(21)7-11-9-27-16(19-11)20-18-8-10-5-12(24-2)15(17(22)23)13(6-10)25-3/h5-6,8-9,22-23H,4,7H2,1-3H3,(H,19,20). The molecular formula is C16H20BN3O6S. The molecule has 9 nitrogen and oxygen atoms in total. The van der Waals surface area contributed by atoms with Crippen LogP contribution >= 0.6 is 11.3 Å². The first-order valence-corrected chi connectivity index (χ1v) is 8.87. The van der Waals surface area contributed by atoms with Gasteiger partial charge in [0.15, 0.2) is 0 Å². The maximum absolute atomic E-state index is 11.4. The summed E-state index contributed by atoms with van der Waals surface area (Å²) in [6.07, 6.45) is 1.61. The van der Waals surface area contributed by atoms with E-state index in [-0.39, 0.29) is 29.4 Å². The Bertz CT molecular complexity index is 786. The SMILES string of the molecule is CCOC(=O)Cc1csc(NN=Cc2cc(OC)c(B(O)O)c(OC)c2)n1. The third-order valence-electron chi connectivity index (χ3n) is 3.38. The van der Waals surface area contributed by atoms with E-state index < -0.39 is 7.12 Å². The van der Waals surface area contributed by atoms with Gasteiger partial charge < -0.3 is 24.3 Å². The van der Waals surface area contributed by atoms with E-state index in [1.807, 2.05) is 0 Å². The lowest BCUT2D eigenvalue weighted by atomic mass is 9.78. The lowest BCUT2D eigenvalue weighted by molar-refractivity contribution is -0.142. The summed E-state index contributed by atoms with van der Waals surface area (Å²) < 4.78 is 15.2. The number of carbonyl (C=O) groups is 1. The third kappa shape index (κ3) is 5.68. The second kappa shape index (κ2) is 9.90. The van der Waals surface area contributed by atoms with E-state index in [1.54, 1.807) is 24.4 Å². The van der Waals surface area contributed by atoms with Crippen molar-refractivity contribution in [1.29, 1.82) is 0 Å². The summed E-state index contributed by atoms with van der Waals surface area (Å²) in [5.74, 6) is 0.191. The number of hydrogen-bond donors (Lipinski definition) is 3. The lowest BCUT2D eigenvalue weighted by Crippen LogP contribution is -2.32. The fraction of sp³-hybridized carbons (Fsp3) is 0.312. The Morgan fingerprint density at radius 1 is 1.33 bits per heavy atom. The molecule has 0 aliphatic rings. The maximum Gasteiger partial charge on any atom is 0.496 e. The second-order valence-electron chi connectivity index (χ2n) is 5.21. The van der Waals surface area contributed by atoms with Crippen molar-refractivity contribution in [2.24, 2.45) is 5.10 Å². The van der Waals surface area contributed by atoms with E-state index in [2.05, 4.69) is 15.5 Å². The summed E-state index contributed by atoms with van der Waals surface area (Å²) in [5.41, 5.74) is 4.12. The molecule has 2 rings (SSSR count). The van der Waals surface area contributed by atoms with Gasteiger partial charge in [-0.1, -0.05) is 0 Å². The first-order chi connectivity index (χ1) is 13.0. The van der Waals surface area contributed by atoms with Crippen LogP contribution in [0.15, 0.2) is 22.6 Å². The monoisotopic (exact) mass is 393 g/mol. The number of hydrogen-bond acceptors (Lipinski definition) is 10. The second-order valence-corrected chi connectivity index (χ2v) is 6.07. The van der Waals surface area contributed by atoms with Crippen molar-refractivity contribution < 1.29 is 29.1 Å². The zero-order valence-corrected chi connectivity index (χ0v) is 15.9. The molecule has 0 unspecified atom stereocenters. The Labute approximate surface area is 160 Å². The van der Waals surface area contributed by atoms with Gasteiger partial charge in [-0.05, 0) is 19.1 Å². The van der Waals surface area contributed by atoms with E-state index in [0.717, 1.165) is 0 Å². The van der Waals surface area contributed by atoms with Gasteiger partial charge in [0.25, 0.3) is 0 Å². The number of rotatable bonds is 9. The fourth-order valence-corrected chi connectivity index (χ4v) is 2.91. The Morgan fingerprint density at radius 3 is 2.56 bits per heavy atom. The highest BCUT2D eigenvalue weighted by atomic mass is 32.1. The van der Waals surface area contributed by atoms with Gasteiger partial charge in [-0.15, -0.1) is 11.3 Å². The molecule has 0 amide bonds. The Balaban J connectivity index is 2.08. The van der Waals surface area contributed by atoms with Crippen molar-refractivity contribution in [2.75, 3.05) is 26.3 Å². The molecule has 0 atom stereocenters. The van der Waals surface area contributed by atoms with Gasteiger partial charge in [-0.3, -0.25) is 10.2 Å². The minimum atomic E-state index is -1.73. The Morgan fingerprint density at radius 2 is 2.00 bits per heavy atom. The van der Waals surface area contributed by atoms with E-state index in [9.17, 15) is 14.8 Å². The number of ether oxygens (including phenoxy) is 3. The highest BCUT2D eigenvalue weighted by Gasteiger charge is 2.23. The number of thiazole rings is 1. The molecule has 0 aliphatic heterocycles. The summed E-state index contributed by atoms with van der Waals surface area (Å²) >= 11 is 1.31. The Kier molecular flexibility index (Phi) is 7.59. The summed E-state index contributed by atoms with van der Waals surface area (Å²) in [4.78, 5) is 15.7. The summed E-state index contributed by atoms with van der Waals surface area (Å²) in [7, 11) is 1.10. The maximum atomic E-state index is 11.4. The number of methoxy groups -OCH3 is 2. The third-order valence-corrected chi connectivity index (χ3v) is 4.18. The van der Waals surface area contributed by atoms with Crippen LogP contribution in [0.4, 0.5) is 5.13 Å². The zero-order chi connectivity index (χ0) is 19.8. The fourth-order valence-electron chi connectivity index (χ4n) is 2.25. The summed E-state index contributed by atoms with van der Waals surface area (Å²) in [6, 6.07) is 3.19. The van der Waals surface area contributed by atoms with Gasteiger partial charge in [0, 0.05) is 10.9 Å². The smallest absolute Gasteiger partial charge is 0.496 e. The molecule has 1 heterocycles. The molecular weight excluding hydrogens is 373 g/mol. The van der Waals surface area contributed by atoms with E-state index in [4.69, 9.17) is 14.2 Å². The molecule has 0 radical (unpaired) electrons. The van der Waals surface area contributed by atoms with Gasteiger partial charge in [-0.2, -0.15) is 5.10 Å². The minimum Gasteiger partial charge on any atom is -0.497 e. The number of nitrogens with one attached hydrogen (secondary N) is 1. The van der Waals surface area contributed by atoms with E-state index in [1.165, 1.54) is 31.8 Å². The number of hydrazone groups is 1. The van der Waals surface area contributed by atoms with Crippen molar-refractivity contribution in [3.8, 4) is 11.5 Å². The van der Waals surface area contributed by atoms with Crippen molar-refractivity contribution in [2.45, 2.75) is 13.3 Å². The molecule has 0 spiro atoms. The van der Waals surface area contributed by atoms with Gasteiger partial charge in [0.2, 0.25) is 5.13 Å². The van der Waals surface area contributed by atoms with Crippen LogP contribution in [0.5, 0.6) is 11.5 Å². The molecule has 0 aliphatic carbocycles. The van der Waals surface area contributed by atoms with Crippen LogP contribution in [-0.4, -0.2) is 55.2 Å². The number of anilines is 1. The van der Waals surface area contributed by atoms with Crippen LogP contribution in [0.3, 0.4) is 0 Å². The van der Waals surface area contributed by atoms with Gasteiger partial charge in [0.05, 0.1) is 44.6 Å². The van der Waals surface area contributed by atoms with Crippen molar-refractivity contribution in [1.82, 2.24) is 4.98 Å². The van der Waals surface area contributed by atoms with Crippen LogP contribution in [0.2, 0.25) is 0 Å². The predicted molar refractivity (Wildman–Crippen MR) is 103 cm³/mol. The van der Waals surface area contributed by atoms with E-state index >= 15 is 0 Å². The van der Waals surface area contributed by atoms with Crippen LogP contribution < -0.4 is 20.4 Å². The first-order valence-electron chi connectivity index (χ1n) is 7.99. The Hall–Kier alpha value is -2.63. The largest absolute Gasteiger partial charge is 0.497 e. The van der Waals surface area contributed by atoms with Crippen LogP contribution in [-0.2, 0) is 16.0 Å². The summed E-state index contributed by atoms with van der Waals surface area (Å²) in [5, 5.41) is 25.3. The zero-order valence-electron chi connectivity index (χ0n) is 15.1. The quantitative estimate of drug-likeness (QED) is 0.242. The normalized spacial score (nSPS) is 10.7. The molecule has 2 aromatic rings. The molecule has 0 saturated heterocycles. The molecule has 11 heteroatoms. The molecule has 0 fully saturated rings. The van der Waals surface area contributed by atoms with Crippen molar-refractivity contribution in [3.05, 3.63) is 28.8 Å². The molecule has 1 aromatic heterocycles. The van der Waals surface area contributed by atoms with E-state index in [0.29, 0.717) is 23.0 Å². The molecule has 27 heavy (non-hydrogen) atoms. The molecule has 3 N–H and O–H groups in total. The number of carbonyl (C=O) groups excluding carboxylic acids is 1. The van der Waals surface area contributed by atoms with Gasteiger partial charge in [0.1, 0.15) is 11.5 Å². The molecule has 1 aromatic carbocycles. The van der Waals surface area contributed by atoms with Crippen LogP contribution in [0.25, 0.3) is 0 Å². The number of benzene rings is 1. The van der Waals surface area contributed by atoms with Crippen LogP contribution in [0, 0.1) is 0 Å². The first kappa shape index (κ1) is 20.7. The highest BCUT2D eigenvalue weighted by molar-refractivity contribution is 7.13. The van der Waals surface area contributed by atoms with Gasteiger partial charge in [-0.25, -0.2) is 4.98 Å². The highest BCUT2D eigenvalue weighted by Crippen LogP contribution is 2.20. The summed E-state index contributed by atoms with van der Waals surface area (Å²) in [6.45, 7) is 2.08. The molecule has 0 saturated carbocycles. The molecule has 144 valence electrons. The topological polar surface area (TPSA) is 123 Å². The van der Waals surface area contributed by atoms with Crippen molar-refractivity contribution >= 4 is 41.2 Å². The van der Waals surface area contributed by atoms with Crippen LogP contribution in [0.1, 0.15) is 18.2 Å². The predicted octanol–water partition coefficient (Wildman–Crippen LogP) is 0.392. The minimum absolute atomic E-state index is 0.106. The lowest BCUT2D eigenvalue weighted by Gasteiger charge is -2.13. The molecule has 0 bridgehead atoms. The average molecular weight is 393 g/mol. The number of aromatic nitrogens is 1. The van der Waals surface area contributed by atoms with Crippen molar-refractivity contribution in [3.63, 3.8) is 0 Å². The number of nitrogens with zero attached hydrogens (tertiary/aromatic N) is 2.